The summed E-state index contributed by atoms with van der Waals surface area (Å²) in [6, 6.07) is 15.3. The molecule has 0 saturated heterocycles. The number of hydrogen-bond acceptors (Lipinski definition) is 5. The first kappa shape index (κ1) is 17.8. The third-order valence-electron chi connectivity index (χ3n) is 3.61. The van der Waals surface area contributed by atoms with Gasteiger partial charge in [-0.3, -0.25) is 0 Å². The van der Waals surface area contributed by atoms with Crippen LogP contribution in [0.4, 0.5) is 0 Å². The smallest absolute Gasteiger partial charge is 0.335 e. The largest absolute Gasteiger partial charge is 0.478 e. The molecule has 2 N–H and O–H groups in total. The SMILES string of the molecule is O=C(O)c1ccc(CNS(=O)(=O)Cn2cc(-c3ccccc3)nn2)cc1. The van der Waals surface area contributed by atoms with Crippen LogP contribution in [0.15, 0.2) is 60.8 Å². The van der Waals surface area contributed by atoms with E-state index in [9.17, 15) is 13.2 Å². The maximum atomic E-state index is 12.2. The van der Waals surface area contributed by atoms with Gasteiger partial charge in [-0.1, -0.05) is 47.7 Å². The number of sulfonamides is 1. The Balaban J connectivity index is 1.62. The summed E-state index contributed by atoms with van der Waals surface area (Å²) in [6.45, 7) is 0.0580. The Morgan fingerprint density at radius 3 is 2.42 bits per heavy atom. The Morgan fingerprint density at radius 1 is 1.08 bits per heavy atom. The van der Waals surface area contributed by atoms with Crippen molar-refractivity contribution in [3.05, 3.63) is 71.9 Å². The number of rotatable bonds is 7. The molecule has 3 aromatic rings. The first-order valence-electron chi connectivity index (χ1n) is 7.68. The molecule has 0 atom stereocenters. The van der Waals surface area contributed by atoms with E-state index in [-0.39, 0.29) is 18.0 Å². The van der Waals surface area contributed by atoms with Crippen molar-refractivity contribution in [2.75, 3.05) is 0 Å². The Hall–Kier alpha value is -3.04. The average molecular weight is 372 g/mol. The number of carboxylic acid groups (broad SMARTS) is 1. The summed E-state index contributed by atoms with van der Waals surface area (Å²) in [7, 11) is -3.63. The fourth-order valence-electron chi connectivity index (χ4n) is 2.28. The van der Waals surface area contributed by atoms with E-state index in [2.05, 4.69) is 15.0 Å². The standard InChI is InChI=1S/C17H16N4O4S/c22-17(23)15-8-6-13(7-9-15)10-18-26(24,25)12-21-11-16(19-20-21)14-4-2-1-3-5-14/h1-9,11,18H,10,12H2,(H,22,23). The Morgan fingerprint density at radius 2 is 1.77 bits per heavy atom. The molecule has 3 rings (SSSR count). The van der Waals surface area contributed by atoms with Crippen LogP contribution in [0.1, 0.15) is 15.9 Å². The second kappa shape index (κ2) is 7.46. The highest BCUT2D eigenvalue weighted by molar-refractivity contribution is 7.88. The van der Waals surface area contributed by atoms with Crippen LogP contribution >= 0.6 is 0 Å². The monoisotopic (exact) mass is 372 g/mol. The third-order valence-corrected chi connectivity index (χ3v) is 4.80. The number of nitrogens with one attached hydrogen (secondary N) is 1. The number of aromatic nitrogens is 3. The number of hydrogen-bond donors (Lipinski definition) is 2. The molecule has 0 unspecified atom stereocenters. The van der Waals surface area contributed by atoms with Crippen molar-refractivity contribution >= 4 is 16.0 Å². The van der Waals surface area contributed by atoms with Crippen molar-refractivity contribution in [1.82, 2.24) is 19.7 Å². The molecule has 2 aromatic carbocycles. The predicted octanol–water partition coefficient (Wildman–Crippen LogP) is 1.72. The first-order chi connectivity index (χ1) is 12.4. The van der Waals surface area contributed by atoms with Gasteiger partial charge in [-0.25, -0.2) is 22.6 Å². The number of benzene rings is 2. The van der Waals surface area contributed by atoms with Gasteiger partial charge in [0.05, 0.1) is 11.8 Å². The molecule has 0 aliphatic heterocycles. The van der Waals surface area contributed by atoms with Gasteiger partial charge >= 0.3 is 5.97 Å². The van der Waals surface area contributed by atoms with Crippen molar-refractivity contribution in [1.29, 1.82) is 0 Å². The summed E-state index contributed by atoms with van der Waals surface area (Å²) in [6.07, 6.45) is 1.57. The normalized spacial score (nSPS) is 11.4. The molecule has 0 fully saturated rings. The lowest BCUT2D eigenvalue weighted by Crippen LogP contribution is -2.27. The fourth-order valence-corrected chi connectivity index (χ4v) is 3.23. The molecule has 9 heteroatoms. The van der Waals surface area contributed by atoms with Gasteiger partial charge in [-0.15, -0.1) is 5.10 Å². The summed E-state index contributed by atoms with van der Waals surface area (Å²) in [4.78, 5) is 10.8. The molecular formula is C17H16N4O4S. The Kier molecular flexibility index (Phi) is 5.10. The van der Waals surface area contributed by atoms with E-state index in [4.69, 9.17) is 5.11 Å². The number of carboxylic acids is 1. The molecule has 0 amide bonds. The van der Waals surface area contributed by atoms with Gasteiger partial charge in [0.25, 0.3) is 0 Å². The zero-order chi connectivity index (χ0) is 18.6. The summed E-state index contributed by atoms with van der Waals surface area (Å²) in [5.74, 6) is -1.39. The average Bonchev–Trinajstić information content (AvgIpc) is 3.09. The second-order valence-electron chi connectivity index (χ2n) is 5.58. The van der Waals surface area contributed by atoms with Gasteiger partial charge in [-0.2, -0.15) is 0 Å². The maximum Gasteiger partial charge on any atom is 0.335 e. The van der Waals surface area contributed by atoms with Gasteiger partial charge in [0.1, 0.15) is 5.69 Å². The van der Waals surface area contributed by atoms with Crippen LogP contribution in [0.25, 0.3) is 11.3 Å². The second-order valence-corrected chi connectivity index (χ2v) is 7.35. The summed E-state index contributed by atoms with van der Waals surface area (Å²) in [5, 5.41) is 16.7. The highest BCUT2D eigenvalue weighted by Crippen LogP contribution is 2.15. The minimum atomic E-state index is -3.63. The lowest BCUT2D eigenvalue weighted by Gasteiger charge is -2.07. The molecule has 0 bridgehead atoms. The van der Waals surface area contributed by atoms with E-state index < -0.39 is 16.0 Å². The highest BCUT2D eigenvalue weighted by atomic mass is 32.2. The van der Waals surface area contributed by atoms with Crippen LogP contribution in [0.3, 0.4) is 0 Å². The van der Waals surface area contributed by atoms with Gasteiger partial charge in [-0.05, 0) is 17.7 Å². The van der Waals surface area contributed by atoms with E-state index in [1.807, 2.05) is 30.3 Å². The molecule has 0 spiro atoms. The van der Waals surface area contributed by atoms with Crippen molar-refractivity contribution in [2.45, 2.75) is 12.4 Å². The predicted molar refractivity (Wildman–Crippen MR) is 94.6 cm³/mol. The first-order valence-corrected chi connectivity index (χ1v) is 9.33. The van der Waals surface area contributed by atoms with E-state index >= 15 is 0 Å². The van der Waals surface area contributed by atoms with Crippen LogP contribution in [0, 0.1) is 0 Å². The Bertz CT molecular complexity index is 999. The van der Waals surface area contributed by atoms with E-state index in [0.29, 0.717) is 11.3 Å². The third kappa shape index (κ3) is 4.52. The van der Waals surface area contributed by atoms with Crippen LogP contribution in [-0.4, -0.2) is 34.5 Å². The molecule has 0 aliphatic carbocycles. The Labute approximate surface area is 150 Å². The molecule has 8 nitrogen and oxygen atoms in total. The number of aromatic carboxylic acids is 1. The highest BCUT2D eigenvalue weighted by Gasteiger charge is 2.13. The maximum absolute atomic E-state index is 12.2. The zero-order valence-electron chi connectivity index (χ0n) is 13.6. The van der Waals surface area contributed by atoms with Crippen LogP contribution < -0.4 is 4.72 Å². The molecule has 1 aromatic heterocycles. The van der Waals surface area contributed by atoms with E-state index in [1.165, 1.54) is 16.8 Å². The summed E-state index contributed by atoms with van der Waals surface area (Å²) >= 11 is 0. The lowest BCUT2D eigenvalue weighted by molar-refractivity contribution is 0.0697. The van der Waals surface area contributed by atoms with Gasteiger partial charge in [0.15, 0.2) is 5.88 Å². The molecule has 0 radical (unpaired) electrons. The lowest BCUT2D eigenvalue weighted by atomic mass is 10.1. The van der Waals surface area contributed by atoms with E-state index in [1.54, 1.807) is 18.3 Å². The van der Waals surface area contributed by atoms with Crippen molar-refractivity contribution in [3.8, 4) is 11.3 Å². The van der Waals surface area contributed by atoms with Crippen molar-refractivity contribution in [2.24, 2.45) is 0 Å². The van der Waals surface area contributed by atoms with Crippen molar-refractivity contribution < 1.29 is 18.3 Å². The molecule has 1 heterocycles. The molecule has 26 heavy (non-hydrogen) atoms. The fraction of sp³-hybridized carbons (Fsp3) is 0.118. The van der Waals surface area contributed by atoms with E-state index in [0.717, 1.165) is 5.56 Å². The van der Waals surface area contributed by atoms with Gasteiger partial charge in [0.2, 0.25) is 10.0 Å². The quantitative estimate of drug-likeness (QED) is 0.653. The molecule has 0 saturated carbocycles. The molecule has 0 aliphatic rings. The number of carbonyl (C=O) groups is 1. The van der Waals surface area contributed by atoms with Crippen LogP contribution in [-0.2, 0) is 22.4 Å². The zero-order valence-corrected chi connectivity index (χ0v) is 14.4. The minimum Gasteiger partial charge on any atom is -0.478 e. The van der Waals surface area contributed by atoms with Gasteiger partial charge < -0.3 is 5.11 Å². The topological polar surface area (TPSA) is 114 Å². The van der Waals surface area contributed by atoms with Gasteiger partial charge in [0, 0.05) is 12.1 Å². The minimum absolute atomic E-state index is 0.0580. The van der Waals surface area contributed by atoms with Crippen LogP contribution in [0.5, 0.6) is 0 Å². The summed E-state index contributed by atoms with van der Waals surface area (Å²) < 4.78 is 28.1. The molecule has 134 valence electrons. The summed E-state index contributed by atoms with van der Waals surface area (Å²) in [5.41, 5.74) is 2.24. The number of nitrogens with zero attached hydrogens (tertiary/aromatic N) is 3. The van der Waals surface area contributed by atoms with Crippen molar-refractivity contribution in [3.63, 3.8) is 0 Å². The van der Waals surface area contributed by atoms with Crippen LogP contribution in [0.2, 0.25) is 0 Å². The molecular weight excluding hydrogens is 356 g/mol.